The third kappa shape index (κ3) is 8.59. The minimum Gasteiger partial charge on any atom is -0.0654 e. The molecule has 0 saturated heterocycles. The van der Waals surface area contributed by atoms with Crippen LogP contribution in [0, 0.1) is 17.8 Å². The lowest BCUT2D eigenvalue weighted by molar-refractivity contribution is 0.348. The van der Waals surface area contributed by atoms with E-state index in [-0.39, 0.29) is 0 Å². The Labute approximate surface area is 91.5 Å². The van der Waals surface area contributed by atoms with Crippen molar-refractivity contribution >= 4 is 0 Å². The molecule has 0 amide bonds. The normalized spacial score (nSPS) is 12.0. The van der Waals surface area contributed by atoms with Gasteiger partial charge in [-0.25, -0.2) is 0 Å². The summed E-state index contributed by atoms with van der Waals surface area (Å²) in [5.41, 5.74) is 0. The van der Waals surface area contributed by atoms with E-state index in [1.807, 2.05) is 0 Å². The summed E-state index contributed by atoms with van der Waals surface area (Å²) >= 11 is 0. The van der Waals surface area contributed by atoms with E-state index in [1.165, 1.54) is 38.5 Å². The second-order valence-corrected chi connectivity index (χ2v) is 5.60. The second-order valence-electron chi connectivity index (χ2n) is 5.60. The first-order valence-electron chi connectivity index (χ1n) is 6.56. The first kappa shape index (κ1) is 14.0. The smallest absolute Gasteiger partial charge is 0.0414 e. The molecule has 0 aliphatic rings. The SMILES string of the molecule is CCCC(CCC(C)C)CCC(C)C. The van der Waals surface area contributed by atoms with Crippen molar-refractivity contribution in [2.24, 2.45) is 17.8 Å². The number of hydrogen-bond donors (Lipinski definition) is 0. The predicted molar refractivity (Wildman–Crippen MR) is 66.5 cm³/mol. The molecule has 0 rings (SSSR count). The van der Waals surface area contributed by atoms with Gasteiger partial charge >= 0.3 is 0 Å². The first-order valence-corrected chi connectivity index (χ1v) is 6.56. The summed E-state index contributed by atoms with van der Waals surface area (Å²) in [7, 11) is 0. The lowest BCUT2D eigenvalue weighted by Gasteiger charge is -2.18. The van der Waals surface area contributed by atoms with Gasteiger partial charge in [0.2, 0.25) is 0 Å². The monoisotopic (exact) mass is 198 g/mol. The van der Waals surface area contributed by atoms with Gasteiger partial charge in [0.1, 0.15) is 0 Å². The standard InChI is InChI=1S/C14H30/c1-6-7-14(10-8-12(2)3)11-9-13(4)5/h12-14H,6-11H2,1-5H3. The van der Waals surface area contributed by atoms with Gasteiger partial charge in [0.15, 0.2) is 0 Å². The Morgan fingerprint density at radius 2 is 1.07 bits per heavy atom. The van der Waals surface area contributed by atoms with Crippen LogP contribution in [-0.2, 0) is 0 Å². The molecule has 0 bridgehead atoms. The molecule has 0 heteroatoms. The second kappa shape index (κ2) is 8.32. The molecule has 14 heavy (non-hydrogen) atoms. The van der Waals surface area contributed by atoms with Crippen molar-refractivity contribution in [3.05, 3.63) is 0 Å². The largest absolute Gasteiger partial charge is 0.0654 e. The van der Waals surface area contributed by atoms with Crippen molar-refractivity contribution in [1.29, 1.82) is 0 Å². The molecule has 0 aromatic heterocycles. The van der Waals surface area contributed by atoms with Crippen molar-refractivity contribution in [3.8, 4) is 0 Å². The minimum absolute atomic E-state index is 0.883. The Hall–Kier alpha value is 0. The first-order chi connectivity index (χ1) is 6.56. The highest BCUT2D eigenvalue weighted by Gasteiger charge is 2.09. The van der Waals surface area contributed by atoms with Gasteiger partial charge in [-0.3, -0.25) is 0 Å². The molecule has 0 aromatic rings. The summed E-state index contributed by atoms with van der Waals surface area (Å²) in [6.45, 7) is 11.7. The number of rotatable bonds is 8. The molecule has 0 unspecified atom stereocenters. The molecule has 0 aliphatic carbocycles. The van der Waals surface area contributed by atoms with E-state index in [0.717, 1.165) is 17.8 Å². The third-order valence-electron chi connectivity index (χ3n) is 3.00. The molecule has 0 N–H and O–H groups in total. The molecule has 0 radical (unpaired) electrons. The molecule has 0 atom stereocenters. The molecule has 0 fully saturated rings. The third-order valence-corrected chi connectivity index (χ3v) is 3.00. The summed E-state index contributed by atoms with van der Waals surface area (Å²) in [5, 5.41) is 0. The Morgan fingerprint density at radius 3 is 1.36 bits per heavy atom. The van der Waals surface area contributed by atoms with Gasteiger partial charge in [0.05, 0.1) is 0 Å². The van der Waals surface area contributed by atoms with Crippen LogP contribution < -0.4 is 0 Å². The molecule has 0 aromatic carbocycles. The van der Waals surface area contributed by atoms with Gasteiger partial charge in [0.25, 0.3) is 0 Å². The fraction of sp³-hybridized carbons (Fsp3) is 1.00. The van der Waals surface area contributed by atoms with Crippen LogP contribution >= 0.6 is 0 Å². The molecule has 0 nitrogen and oxygen atoms in total. The zero-order valence-electron chi connectivity index (χ0n) is 11.0. The van der Waals surface area contributed by atoms with Crippen LogP contribution in [-0.4, -0.2) is 0 Å². The van der Waals surface area contributed by atoms with E-state index in [9.17, 15) is 0 Å². The summed E-state index contributed by atoms with van der Waals surface area (Å²) in [6, 6.07) is 0. The van der Waals surface area contributed by atoms with Crippen molar-refractivity contribution < 1.29 is 0 Å². The van der Waals surface area contributed by atoms with Gasteiger partial charge in [-0.1, -0.05) is 73.1 Å². The van der Waals surface area contributed by atoms with Crippen LogP contribution in [0.3, 0.4) is 0 Å². The van der Waals surface area contributed by atoms with Crippen molar-refractivity contribution in [2.45, 2.75) is 73.1 Å². The predicted octanol–water partition coefficient (Wildman–Crippen LogP) is 5.28. The van der Waals surface area contributed by atoms with E-state index in [1.54, 1.807) is 0 Å². The molecule has 86 valence electrons. The molecule has 0 saturated carbocycles. The molecule has 0 spiro atoms. The summed E-state index contributed by atoms with van der Waals surface area (Å²) in [5.74, 6) is 2.77. The zero-order valence-corrected chi connectivity index (χ0v) is 11.0. The van der Waals surface area contributed by atoms with Crippen LogP contribution in [0.15, 0.2) is 0 Å². The van der Waals surface area contributed by atoms with Gasteiger partial charge in [-0.15, -0.1) is 0 Å². The van der Waals surface area contributed by atoms with E-state index in [4.69, 9.17) is 0 Å². The quantitative estimate of drug-likeness (QED) is 0.498. The molecule has 0 aliphatic heterocycles. The van der Waals surface area contributed by atoms with Gasteiger partial charge in [-0.05, 0) is 17.8 Å². The maximum atomic E-state index is 2.34. The van der Waals surface area contributed by atoms with Crippen molar-refractivity contribution in [2.75, 3.05) is 0 Å². The fourth-order valence-electron chi connectivity index (χ4n) is 1.98. The van der Waals surface area contributed by atoms with Crippen LogP contribution in [0.25, 0.3) is 0 Å². The lowest BCUT2D eigenvalue weighted by Crippen LogP contribution is -2.04. The summed E-state index contributed by atoms with van der Waals surface area (Å²) in [4.78, 5) is 0. The van der Waals surface area contributed by atoms with Crippen molar-refractivity contribution in [1.82, 2.24) is 0 Å². The number of hydrogen-bond acceptors (Lipinski definition) is 0. The van der Waals surface area contributed by atoms with Gasteiger partial charge in [0, 0.05) is 0 Å². The zero-order chi connectivity index (χ0) is 11.0. The molecular formula is C14H30. The maximum absolute atomic E-state index is 2.34. The Balaban J connectivity index is 3.65. The Bertz CT molecular complexity index is 101. The highest BCUT2D eigenvalue weighted by molar-refractivity contribution is 4.62. The highest BCUT2D eigenvalue weighted by atomic mass is 14.1. The fourth-order valence-corrected chi connectivity index (χ4v) is 1.98. The Kier molecular flexibility index (Phi) is 8.32. The average Bonchev–Trinajstić information content (AvgIpc) is 2.09. The van der Waals surface area contributed by atoms with E-state index < -0.39 is 0 Å². The van der Waals surface area contributed by atoms with Crippen LogP contribution in [0.4, 0.5) is 0 Å². The van der Waals surface area contributed by atoms with E-state index in [2.05, 4.69) is 34.6 Å². The van der Waals surface area contributed by atoms with E-state index >= 15 is 0 Å². The van der Waals surface area contributed by atoms with Crippen LogP contribution in [0.2, 0.25) is 0 Å². The Morgan fingerprint density at radius 1 is 0.643 bits per heavy atom. The minimum atomic E-state index is 0.883. The molecular weight excluding hydrogens is 168 g/mol. The molecule has 0 heterocycles. The van der Waals surface area contributed by atoms with Crippen LogP contribution in [0.1, 0.15) is 73.1 Å². The highest BCUT2D eigenvalue weighted by Crippen LogP contribution is 2.23. The van der Waals surface area contributed by atoms with E-state index in [0.29, 0.717) is 0 Å². The summed E-state index contributed by atoms with van der Waals surface area (Å²) < 4.78 is 0. The average molecular weight is 198 g/mol. The lowest BCUT2D eigenvalue weighted by atomic mass is 9.88. The van der Waals surface area contributed by atoms with Gasteiger partial charge in [-0.2, -0.15) is 0 Å². The summed E-state index contributed by atoms with van der Waals surface area (Å²) in [6.07, 6.45) is 8.56. The van der Waals surface area contributed by atoms with Crippen molar-refractivity contribution in [3.63, 3.8) is 0 Å². The van der Waals surface area contributed by atoms with Crippen LogP contribution in [0.5, 0.6) is 0 Å². The van der Waals surface area contributed by atoms with Gasteiger partial charge < -0.3 is 0 Å². The maximum Gasteiger partial charge on any atom is -0.0414 e. The topological polar surface area (TPSA) is 0 Å².